The Kier molecular flexibility index (Phi) is 16.2. The van der Waals surface area contributed by atoms with Crippen molar-refractivity contribution in [2.45, 2.75) is 38.0 Å². The van der Waals surface area contributed by atoms with E-state index in [1.54, 1.807) is 20.8 Å². The minimum Gasteiger partial charge on any atom is -0.288 e. The maximum Gasteiger partial charge on any atom is 0.186 e. The largest absolute Gasteiger partial charge is 0.288 e. The quantitative estimate of drug-likeness (QED) is 0.0545. The summed E-state index contributed by atoms with van der Waals surface area (Å²) in [6.07, 6.45) is 0. The van der Waals surface area contributed by atoms with Crippen LogP contribution in [0.25, 0.3) is 44.5 Å². The monoisotopic (exact) mass is 1010 g/mol. The number of carbonyl (C=O) groups excluding carboxylic acids is 3. The molecule has 9 aromatic carbocycles. The summed E-state index contributed by atoms with van der Waals surface area (Å²) < 4.78 is 0. The normalized spacial score (nSPS) is 11.4. The van der Waals surface area contributed by atoms with Crippen molar-refractivity contribution < 1.29 is 14.4 Å². The lowest BCUT2D eigenvalue weighted by atomic mass is 10.0. The maximum atomic E-state index is 11.9. The third kappa shape index (κ3) is 12.1. The van der Waals surface area contributed by atoms with Gasteiger partial charge in [-0.1, -0.05) is 235 Å². The summed E-state index contributed by atoms with van der Waals surface area (Å²) in [5.74, 6) is 1.89. The maximum absolute atomic E-state index is 11.9. The highest BCUT2D eigenvalue weighted by Gasteiger charge is 2.41. The van der Waals surface area contributed by atoms with Crippen molar-refractivity contribution in [1.29, 1.82) is 0 Å². The van der Waals surface area contributed by atoms with Gasteiger partial charge in [-0.15, -0.1) is 0 Å². The summed E-state index contributed by atoms with van der Waals surface area (Å²) in [6, 6.07) is 79.9. The molecule has 0 unspecified atom stereocenters. The van der Waals surface area contributed by atoms with E-state index in [9.17, 15) is 14.4 Å². The van der Waals surface area contributed by atoms with E-state index in [0.717, 1.165) is 72.6 Å². The fraction of sp³-hybridized carbons (Fsp3) is 0.0952. The molecule has 5 nitrogen and oxygen atoms in total. The molecule has 72 heavy (non-hydrogen) atoms. The van der Waals surface area contributed by atoms with E-state index in [1.165, 1.54) is 56.0 Å². The van der Waals surface area contributed by atoms with Gasteiger partial charge in [0.25, 0.3) is 0 Å². The average molecular weight is 1010 g/mol. The molecule has 0 saturated carbocycles. The van der Waals surface area contributed by atoms with Crippen LogP contribution in [0.3, 0.4) is 0 Å². The van der Waals surface area contributed by atoms with Gasteiger partial charge >= 0.3 is 0 Å². The second-order valence-corrected chi connectivity index (χ2v) is 24.8. The number of benzene rings is 9. The molecule has 0 spiro atoms. The third-order valence-electron chi connectivity index (χ3n) is 12.6. The minimum atomic E-state index is -3.11. The van der Waals surface area contributed by atoms with Crippen LogP contribution >= 0.6 is 35.3 Å². The van der Waals surface area contributed by atoms with Crippen LogP contribution in [0.15, 0.2) is 235 Å². The van der Waals surface area contributed by atoms with Gasteiger partial charge in [-0.25, -0.2) is 0 Å². The number of rotatable bonds is 16. The van der Waals surface area contributed by atoms with Gasteiger partial charge in [0.15, 0.2) is 23.4 Å². The first kappa shape index (κ1) is 49.8. The number of hydrogen-bond donors (Lipinski definition) is 0. The van der Waals surface area contributed by atoms with Gasteiger partial charge in [0.2, 0.25) is 0 Å². The highest BCUT2D eigenvalue weighted by atomic mass is 32.2. The van der Waals surface area contributed by atoms with Crippen molar-refractivity contribution in [3.63, 3.8) is 0 Å². The van der Waals surface area contributed by atoms with Crippen LogP contribution in [0.2, 0.25) is 0 Å². The molecule has 0 N–H and O–H groups in total. The summed E-state index contributed by atoms with van der Waals surface area (Å²) >= 11 is 3.98. The number of thioether (sulfide) groups is 3. The van der Waals surface area contributed by atoms with E-state index in [-0.39, 0.29) is 15.3 Å². The zero-order valence-electron chi connectivity index (χ0n) is 40.3. The van der Waals surface area contributed by atoms with E-state index in [0.29, 0.717) is 17.3 Å². The fourth-order valence-corrected chi connectivity index (χ4v) is 15.4. The summed E-state index contributed by atoms with van der Waals surface area (Å²) in [4.78, 5) is 35.6. The average Bonchev–Trinajstić information content (AvgIpc) is 3.42. The van der Waals surface area contributed by atoms with Crippen LogP contribution in [-0.4, -0.2) is 23.4 Å². The van der Waals surface area contributed by atoms with Gasteiger partial charge in [-0.05, 0) is 106 Å². The second kappa shape index (κ2) is 23.4. The molecule has 0 bridgehead atoms. The van der Waals surface area contributed by atoms with Crippen LogP contribution in [-0.2, 0) is 31.6 Å². The van der Waals surface area contributed by atoms with E-state index >= 15 is 0 Å². The molecule has 0 aliphatic carbocycles. The lowest BCUT2D eigenvalue weighted by Crippen LogP contribution is -2.74. The molecule has 0 amide bonds. The van der Waals surface area contributed by atoms with Crippen molar-refractivity contribution in [2.24, 2.45) is 10.2 Å². The number of azo groups is 1. The summed E-state index contributed by atoms with van der Waals surface area (Å²) in [5.41, 5.74) is 13.7. The molecule has 0 radical (unpaired) electrons. The first-order chi connectivity index (χ1) is 35.1. The fourth-order valence-electron chi connectivity index (χ4n) is 9.06. The topological polar surface area (TPSA) is 75.9 Å². The molecule has 9 heteroatoms. The second-order valence-electron chi connectivity index (χ2n) is 17.6. The number of hydrogen-bond acceptors (Lipinski definition) is 8. The number of carbonyl (C=O) groups is 3. The van der Waals surface area contributed by atoms with Gasteiger partial charge in [0, 0.05) is 38.0 Å². The van der Waals surface area contributed by atoms with Gasteiger partial charge in [-0.3, -0.25) is 14.4 Å². The Morgan fingerprint density at radius 2 is 0.597 bits per heavy atom. The summed E-state index contributed by atoms with van der Waals surface area (Å²) in [7, 11) is -3.11. The van der Waals surface area contributed by atoms with Crippen molar-refractivity contribution in [2.75, 3.05) is 0 Å². The lowest BCUT2D eigenvalue weighted by molar-refractivity contribution is -0.109. The Morgan fingerprint density at radius 3 is 0.903 bits per heavy atom. The summed E-state index contributed by atoms with van der Waals surface area (Å²) in [6.45, 7) is 4.84. The Bertz CT molecular complexity index is 3110. The third-order valence-corrected chi connectivity index (χ3v) is 20.1. The van der Waals surface area contributed by atoms with Crippen molar-refractivity contribution in [3.05, 3.63) is 241 Å². The lowest BCUT2D eigenvalue weighted by Gasteiger charge is -2.35. The van der Waals surface area contributed by atoms with Crippen molar-refractivity contribution in [1.82, 2.24) is 0 Å². The highest BCUT2D eigenvalue weighted by Crippen LogP contribution is 2.29. The van der Waals surface area contributed by atoms with Gasteiger partial charge < -0.3 is 0 Å². The highest BCUT2D eigenvalue weighted by molar-refractivity contribution is 8.13. The zero-order chi connectivity index (χ0) is 49.9. The predicted molar refractivity (Wildman–Crippen MR) is 308 cm³/mol. The molecule has 0 aliphatic rings. The molecule has 0 fully saturated rings. The molecule has 0 saturated heterocycles. The SMILES string of the molecule is CC(=O)SCc1cccc(-c2ccc([Si](c3ccc(-c4ccc(N=Nc5ccccc5)cc4)cc3)(c3ccc(-c4cccc(CSC(C)=O)c4)cc3)c3ccc(-c4cccc(CSC(C)=O)c4)cc3)cc2)c1. The molecule has 9 rings (SSSR count). The molecule has 0 atom stereocenters. The first-order valence-electron chi connectivity index (χ1n) is 23.8. The predicted octanol–water partition coefficient (Wildman–Crippen LogP) is 14.5. The van der Waals surface area contributed by atoms with E-state index < -0.39 is 8.07 Å². The Morgan fingerprint density at radius 1 is 0.319 bits per heavy atom. The molecule has 0 aromatic heterocycles. The standard InChI is InChI=1S/C63H52N2O3S3Si/c1-44(66)69-41-47-10-7-13-55(38-47)52-22-32-61(33-23-52)72(62-34-24-53(25-35-62)56-14-8-11-48(39-56)42-70-45(2)67,63-36-26-54(27-37-63)57-15-9-12-49(40-57)43-71-46(3)68)60-30-20-51(21-31-60)50-18-28-59(29-19-50)65-64-58-16-5-4-6-17-58/h4-40H,41-43H2,1-3H3. The zero-order valence-corrected chi connectivity index (χ0v) is 43.8. The van der Waals surface area contributed by atoms with E-state index in [2.05, 4.69) is 192 Å². The van der Waals surface area contributed by atoms with Crippen molar-refractivity contribution >= 4 is 90.8 Å². The first-order valence-corrected chi connectivity index (χ1v) is 28.7. The van der Waals surface area contributed by atoms with Crippen LogP contribution in [0.4, 0.5) is 11.4 Å². The van der Waals surface area contributed by atoms with Crippen molar-refractivity contribution in [3.8, 4) is 44.5 Å². The Hall–Kier alpha value is -7.14. The van der Waals surface area contributed by atoms with Crippen LogP contribution in [0.1, 0.15) is 37.5 Å². The van der Waals surface area contributed by atoms with E-state index in [4.69, 9.17) is 0 Å². The molecule has 354 valence electrons. The Labute approximate surface area is 436 Å². The molecule has 0 heterocycles. The van der Waals surface area contributed by atoms with Gasteiger partial charge in [0.1, 0.15) is 0 Å². The van der Waals surface area contributed by atoms with Gasteiger partial charge in [-0.2, -0.15) is 10.2 Å². The van der Waals surface area contributed by atoms with E-state index in [1.807, 2.05) is 42.5 Å². The molecular weight excluding hydrogens is 957 g/mol. The summed E-state index contributed by atoms with van der Waals surface area (Å²) in [5, 5.41) is 14.2. The van der Waals surface area contributed by atoms with Crippen LogP contribution in [0, 0.1) is 0 Å². The number of nitrogens with zero attached hydrogens (tertiary/aromatic N) is 2. The molecule has 0 aliphatic heterocycles. The molecular formula is C63H52N2O3S3Si. The van der Waals surface area contributed by atoms with Crippen LogP contribution < -0.4 is 20.7 Å². The molecule has 9 aromatic rings. The Balaban J connectivity index is 1.17. The minimum absolute atomic E-state index is 0.106. The van der Waals surface area contributed by atoms with Gasteiger partial charge in [0.05, 0.1) is 11.4 Å². The van der Waals surface area contributed by atoms with Crippen LogP contribution in [0.5, 0.6) is 0 Å². The smallest absolute Gasteiger partial charge is 0.186 e.